The van der Waals surface area contributed by atoms with Gasteiger partial charge in [-0.15, -0.1) is 0 Å². The smallest absolute Gasteiger partial charge is 0.0210 e. The van der Waals surface area contributed by atoms with Crippen molar-refractivity contribution in [3.63, 3.8) is 0 Å². The Morgan fingerprint density at radius 1 is 1.18 bits per heavy atom. The lowest BCUT2D eigenvalue weighted by atomic mass is 9.85. The Labute approximate surface area is 105 Å². The molecule has 1 nitrogen and oxygen atoms in total. The molecule has 1 saturated carbocycles. The molecule has 1 heterocycles. The van der Waals surface area contributed by atoms with Gasteiger partial charge in [-0.1, -0.05) is 30.3 Å². The summed E-state index contributed by atoms with van der Waals surface area (Å²) in [7, 11) is 0. The van der Waals surface area contributed by atoms with Crippen LogP contribution in [0.3, 0.4) is 0 Å². The highest BCUT2D eigenvalue weighted by atomic mass is 15.0. The summed E-state index contributed by atoms with van der Waals surface area (Å²) in [5.74, 6) is 1.00. The van der Waals surface area contributed by atoms with Crippen LogP contribution >= 0.6 is 0 Å². The third-order valence-corrected chi connectivity index (χ3v) is 4.57. The van der Waals surface area contributed by atoms with Crippen molar-refractivity contribution in [2.45, 2.75) is 50.5 Å². The maximum absolute atomic E-state index is 3.82. The molecule has 1 N–H and O–H groups in total. The summed E-state index contributed by atoms with van der Waals surface area (Å²) in [6.07, 6.45) is 9.72. The quantitative estimate of drug-likeness (QED) is 0.814. The number of hydrogen-bond acceptors (Lipinski definition) is 1. The fourth-order valence-corrected chi connectivity index (χ4v) is 3.48. The van der Waals surface area contributed by atoms with Gasteiger partial charge in [0.15, 0.2) is 0 Å². The van der Waals surface area contributed by atoms with E-state index in [0.717, 1.165) is 5.92 Å². The minimum Gasteiger partial charge on any atom is -0.311 e. The Hall–Kier alpha value is -0.820. The van der Waals surface area contributed by atoms with Gasteiger partial charge in [0.1, 0.15) is 0 Å². The molecule has 17 heavy (non-hydrogen) atoms. The molecule has 0 amide bonds. The summed E-state index contributed by atoms with van der Waals surface area (Å²) in [4.78, 5) is 0. The molecule has 1 unspecified atom stereocenters. The first-order chi connectivity index (χ1) is 8.39. The van der Waals surface area contributed by atoms with Gasteiger partial charge in [0, 0.05) is 5.54 Å². The standard InChI is InChI=1S/C16H23N/c1-2-6-14(7-3-1)8-4-11-16(15-9-10-15)12-5-13-17-16/h1-3,6-7,15,17H,4-5,8-13H2. The first-order valence-corrected chi connectivity index (χ1v) is 7.18. The molecule has 0 spiro atoms. The lowest BCUT2D eigenvalue weighted by Crippen LogP contribution is -2.42. The van der Waals surface area contributed by atoms with E-state index in [1.54, 1.807) is 0 Å². The van der Waals surface area contributed by atoms with Crippen LogP contribution < -0.4 is 5.32 Å². The fraction of sp³-hybridized carbons (Fsp3) is 0.625. The summed E-state index contributed by atoms with van der Waals surface area (Å²) in [6, 6.07) is 10.9. The van der Waals surface area contributed by atoms with Crippen LogP contribution in [0.15, 0.2) is 30.3 Å². The van der Waals surface area contributed by atoms with Crippen LogP contribution in [0.25, 0.3) is 0 Å². The topological polar surface area (TPSA) is 12.0 Å². The average Bonchev–Trinajstić information content (AvgIpc) is 3.13. The van der Waals surface area contributed by atoms with Crippen molar-refractivity contribution < 1.29 is 0 Å². The first-order valence-electron chi connectivity index (χ1n) is 7.18. The van der Waals surface area contributed by atoms with Gasteiger partial charge in [0.25, 0.3) is 0 Å². The molecule has 1 heteroatoms. The van der Waals surface area contributed by atoms with Crippen LogP contribution in [-0.2, 0) is 6.42 Å². The van der Waals surface area contributed by atoms with Crippen molar-refractivity contribution in [1.29, 1.82) is 0 Å². The van der Waals surface area contributed by atoms with Gasteiger partial charge in [-0.05, 0) is 63.0 Å². The fourth-order valence-electron chi connectivity index (χ4n) is 3.48. The third-order valence-electron chi connectivity index (χ3n) is 4.57. The molecule has 2 fully saturated rings. The summed E-state index contributed by atoms with van der Waals surface area (Å²) in [6.45, 7) is 1.25. The molecule has 3 rings (SSSR count). The molecule has 1 aliphatic heterocycles. The molecule has 92 valence electrons. The number of rotatable bonds is 5. The lowest BCUT2D eigenvalue weighted by molar-refractivity contribution is 0.295. The van der Waals surface area contributed by atoms with E-state index in [2.05, 4.69) is 35.6 Å². The van der Waals surface area contributed by atoms with Gasteiger partial charge in [-0.3, -0.25) is 0 Å². The second-order valence-electron chi connectivity index (χ2n) is 5.80. The van der Waals surface area contributed by atoms with Crippen molar-refractivity contribution in [1.82, 2.24) is 5.32 Å². The Balaban J connectivity index is 1.53. The van der Waals surface area contributed by atoms with Gasteiger partial charge in [-0.25, -0.2) is 0 Å². The van der Waals surface area contributed by atoms with E-state index in [1.165, 1.54) is 57.1 Å². The third kappa shape index (κ3) is 2.55. The van der Waals surface area contributed by atoms with Crippen LogP contribution in [0.4, 0.5) is 0 Å². The van der Waals surface area contributed by atoms with Crippen molar-refractivity contribution in [3.8, 4) is 0 Å². The molecule has 0 aromatic heterocycles. The van der Waals surface area contributed by atoms with Gasteiger partial charge < -0.3 is 5.32 Å². The molecule has 1 aromatic carbocycles. The number of aryl methyl sites for hydroxylation is 1. The highest BCUT2D eigenvalue weighted by Crippen LogP contribution is 2.46. The Morgan fingerprint density at radius 3 is 2.65 bits per heavy atom. The predicted molar refractivity (Wildman–Crippen MR) is 72.1 cm³/mol. The van der Waals surface area contributed by atoms with Gasteiger partial charge in [-0.2, -0.15) is 0 Å². The monoisotopic (exact) mass is 229 g/mol. The van der Waals surface area contributed by atoms with E-state index in [1.807, 2.05) is 0 Å². The van der Waals surface area contributed by atoms with Gasteiger partial charge in [0.2, 0.25) is 0 Å². The molecule has 1 aromatic rings. The Morgan fingerprint density at radius 2 is 2.00 bits per heavy atom. The average molecular weight is 229 g/mol. The zero-order valence-electron chi connectivity index (χ0n) is 10.6. The van der Waals surface area contributed by atoms with Crippen molar-refractivity contribution >= 4 is 0 Å². The van der Waals surface area contributed by atoms with E-state index in [-0.39, 0.29) is 0 Å². The van der Waals surface area contributed by atoms with E-state index in [9.17, 15) is 0 Å². The summed E-state index contributed by atoms with van der Waals surface area (Å²) < 4.78 is 0. The second-order valence-corrected chi connectivity index (χ2v) is 5.80. The molecule has 1 saturated heterocycles. The van der Waals surface area contributed by atoms with Crippen LogP contribution in [0.2, 0.25) is 0 Å². The van der Waals surface area contributed by atoms with Gasteiger partial charge in [0.05, 0.1) is 0 Å². The van der Waals surface area contributed by atoms with E-state index in [4.69, 9.17) is 0 Å². The zero-order valence-corrected chi connectivity index (χ0v) is 10.6. The minimum absolute atomic E-state index is 0.536. The van der Waals surface area contributed by atoms with Gasteiger partial charge >= 0.3 is 0 Å². The molecule has 0 radical (unpaired) electrons. The SMILES string of the molecule is c1ccc(CCCC2(C3CC3)CCCN2)cc1. The van der Waals surface area contributed by atoms with Crippen LogP contribution in [0.1, 0.15) is 44.1 Å². The molecule has 0 bridgehead atoms. The van der Waals surface area contributed by atoms with Crippen LogP contribution in [0, 0.1) is 5.92 Å². The van der Waals surface area contributed by atoms with E-state index >= 15 is 0 Å². The maximum Gasteiger partial charge on any atom is 0.0210 e. The maximum atomic E-state index is 3.82. The zero-order chi connectivity index (χ0) is 11.6. The molecular formula is C16H23N. The predicted octanol–water partition coefficient (Wildman–Crippen LogP) is 3.54. The Bertz CT molecular complexity index is 347. The number of hydrogen-bond donors (Lipinski definition) is 1. The van der Waals surface area contributed by atoms with Crippen molar-refractivity contribution in [3.05, 3.63) is 35.9 Å². The van der Waals surface area contributed by atoms with Crippen molar-refractivity contribution in [2.75, 3.05) is 6.54 Å². The minimum atomic E-state index is 0.536. The number of benzene rings is 1. The van der Waals surface area contributed by atoms with Crippen LogP contribution in [-0.4, -0.2) is 12.1 Å². The summed E-state index contributed by atoms with van der Waals surface area (Å²) in [5.41, 5.74) is 2.03. The lowest BCUT2D eigenvalue weighted by Gasteiger charge is -2.30. The summed E-state index contributed by atoms with van der Waals surface area (Å²) >= 11 is 0. The highest BCUT2D eigenvalue weighted by molar-refractivity contribution is 5.15. The highest BCUT2D eigenvalue weighted by Gasteiger charge is 2.45. The van der Waals surface area contributed by atoms with Crippen molar-refractivity contribution in [2.24, 2.45) is 5.92 Å². The molecular weight excluding hydrogens is 206 g/mol. The first kappa shape index (κ1) is 11.3. The second kappa shape index (κ2) is 4.81. The van der Waals surface area contributed by atoms with E-state index < -0.39 is 0 Å². The summed E-state index contributed by atoms with van der Waals surface area (Å²) in [5, 5.41) is 3.82. The Kier molecular flexibility index (Phi) is 3.19. The largest absolute Gasteiger partial charge is 0.311 e. The molecule has 2 aliphatic rings. The number of nitrogens with one attached hydrogen (secondary N) is 1. The van der Waals surface area contributed by atoms with Crippen LogP contribution in [0.5, 0.6) is 0 Å². The normalized spacial score (nSPS) is 28.5. The molecule has 1 aliphatic carbocycles. The molecule has 1 atom stereocenters. The van der Waals surface area contributed by atoms with E-state index in [0.29, 0.717) is 5.54 Å².